The van der Waals surface area contributed by atoms with Gasteiger partial charge >= 0.3 is 12.2 Å². The predicted octanol–water partition coefficient (Wildman–Crippen LogP) is 2.87. The molecule has 3 rings (SSSR count). The van der Waals surface area contributed by atoms with Gasteiger partial charge in [-0.2, -0.15) is 0 Å². The van der Waals surface area contributed by atoms with Crippen LogP contribution in [0.25, 0.3) is 0 Å². The molecule has 0 aromatic heterocycles. The Morgan fingerprint density at radius 1 is 0.933 bits per heavy atom. The van der Waals surface area contributed by atoms with Gasteiger partial charge in [-0.3, -0.25) is 9.69 Å². The molecule has 3 amide bonds. The molecule has 0 bridgehead atoms. The number of carbonyl (C=O) groups excluding carboxylic acids is 3. The highest BCUT2D eigenvalue weighted by molar-refractivity contribution is 5.86. The molecule has 2 saturated heterocycles. The van der Waals surface area contributed by atoms with Gasteiger partial charge < -0.3 is 19.3 Å². The molecule has 0 aliphatic carbocycles. The Morgan fingerprint density at radius 3 is 2.20 bits per heavy atom. The van der Waals surface area contributed by atoms with Gasteiger partial charge in [-0.25, -0.2) is 9.59 Å². The molecule has 164 valence electrons. The highest BCUT2D eigenvalue weighted by Gasteiger charge is 2.39. The lowest BCUT2D eigenvalue weighted by Crippen LogP contribution is -2.55. The van der Waals surface area contributed by atoms with Crippen molar-refractivity contribution < 1.29 is 23.9 Å². The monoisotopic (exact) mass is 417 g/mol. The molecule has 0 N–H and O–H groups in total. The number of likely N-dealkylation sites (tertiary alicyclic amines) is 1. The second kappa shape index (κ2) is 9.36. The topological polar surface area (TPSA) is 79.4 Å². The van der Waals surface area contributed by atoms with Gasteiger partial charge in [0, 0.05) is 32.7 Å². The van der Waals surface area contributed by atoms with Crippen molar-refractivity contribution in [3.05, 3.63) is 35.9 Å². The highest BCUT2D eigenvalue weighted by Crippen LogP contribution is 2.23. The Hall–Kier alpha value is -2.77. The van der Waals surface area contributed by atoms with E-state index in [1.165, 1.54) is 4.90 Å². The summed E-state index contributed by atoms with van der Waals surface area (Å²) in [4.78, 5) is 42.7. The molecule has 0 saturated carbocycles. The lowest BCUT2D eigenvalue weighted by atomic mass is 10.1. The van der Waals surface area contributed by atoms with Crippen LogP contribution >= 0.6 is 0 Å². The van der Waals surface area contributed by atoms with Crippen molar-refractivity contribution in [2.24, 2.45) is 0 Å². The van der Waals surface area contributed by atoms with Crippen molar-refractivity contribution in [3.63, 3.8) is 0 Å². The maximum absolute atomic E-state index is 13.0. The van der Waals surface area contributed by atoms with Crippen LogP contribution in [0.5, 0.6) is 0 Å². The Balaban J connectivity index is 1.48. The fourth-order valence-corrected chi connectivity index (χ4v) is 3.69. The third-order valence-corrected chi connectivity index (χ3v) is 5.22. The Bertz CT molecular complexity index is 754. The third kappa shape index (κ3) is 5.64. The van der Waals surface area contributed by atoms with Crippen LogP contribution in [-0.4, -0.2) is 77.2 Å². The van der Waals surface area contributed by atoms with Crippen molar-refractivity contribution >= 4 is 18.1 Å². The number of carbonyl (C=O) groups is 3. The van der Waals surface area contributed by atoms with E-state index in [9.17, 15) is 14.4 Å². The third-order valence-electron chi connectivity index (χ3n) is 5.22. The van der Waals surface area contributed by atoms with Crippen molar-refractivity contribution in [1.82, 2.24) is 14.7 Å². The molecular formula is C22H31N3O5. The van der Waals surface area contributed by atoms with Crippen LogP contribution in [0.4, 0.5) is 9.59 Å². The minimum absolute atomic E-state index is 0.0735. The Kier molecular flexibility index (Phi) is 6.84. The molecule has 2 fully saturated rings. The van der Waals surface area contributed by atoms with E-state index in [0.717, 1.165) is 12.0 Å². The average molecular weight is 418 g/mol. The second-order valence-electron chi connectivity index (χ2n) is 8.68. The summed E-state index contributed by atoms with van der Waals surface area (Å²) in [6.45, 7) is 7.88. The number of ether oxygens (including phenoxy) is 2. The van der Waals surface area contributed by atoms with Gasteiger partial charge in [-0.05, 0) is 39.2 Å². The van der Waals surface area contributed by atoms with E-state index in [4.69, 9.17) is 9.47 Å². The van der Waals surface area contributed by atoms with E-state index < -0.39 is 17.7 Å². The van der Waals surface area contributed by atoms with E-state index in [2.05, 4.69) is 0 Å². The quantitative estimate of drug-likeness (QED) is 0.756. The largest absolute Gasteiger partial charge is 0.445 e. The molecule has 0 radical (unpaired) electrons. The van der Waals surface area contributed by atoms with E-state index in [0.29, 0.717) is 39.1 Å². The van der Waals surface area contributed by atoms with Crippen LogP contribution in [-0.2, 0) is 20.9 Å². The van der Waals surface area contributed by atoms with Gasteiger partial charge in [0.25, 0.3) is 0 Å². The number of hydrogen-bond donors (Lipinski definition) is 0. The minimum atomic E-state index is -0.598. The standard InChI is InChI=1S/C22H31N3O5/c1-22(2,3)30-21(28)25-11-7-10-18(25)19(26)23-12-14-24(15-13-23)20(27)29-16-17-8-5-4-6-9-17/h4-6,8-9,18H,7,10-16H2,1-3H3/t18-/m1/s1. The van der Waals surface area contributed by atoms with Crippen LogP contribution in [0.1, 0.15) is 39.2 Å². The molecule has 1 aromatic carbocycles. The van der Waals surface area contributed by atoms with Gasteiger partial charge in [0.2, 0.25) is 5.91 Å². The molecule has 0 unspecified atom stereocenters. The van der Waals surface area contributed by atoms with Gasteiger partial charge in [0.15, 0.2) is 0 Å². The molecule has 8 heteroatoms. The molecule has 2 aliphatic rings. The summed E-state index contributed by atoms with van der Waals surface area (Å²) in [5.74, 6) is -0.0735. The number of piperazine rings is 1. The highest BCUT2D eigenvalue weighted by atomic mass is 16.6. The number of amides is 3. The predicted molar refractivity (Wildman–Crippen MR) is 111 cm³/mol. The number of nitrogens with zero attached hydrogens (tertiary/aromatic N) is 3. The van der Waals surface area contributed by atoms with Crippen LogP contribution < -0.4 is 0 Å². The Morgan fingerprint density at radius 2 is 1.57 bits per heavy atom. The molecule has 30 heavy (non-hydrogen) atoms. The molecule has 2 heterocycles. The maximum Gasteiger partial charge on any atom is 0.410 e. The average Bonchev–Trinajstić information content (AvgIpc) is 3.21. The number of rotatable bonds is 3. The van der Waals surface area contributed by atoms with Crippen LogP contribution in [0, 0.1) is 0 Å². The lowest BCUT2D eigenvalue weighted by Gasteiger charge is -2.37. The summed E-state index contributed by atoms with van der Waals surface area (Å²) in [5, 5.41) is 0. The van der Waals surface area contributed by atoms with Crippen LogP contribution in [0.3, 0.4) is 0 Å². The smallest absolute Gasteiger partial charge is 0.410 e. The first-order valence-corrected chi connectivity index (χ1v) is 10.5. The van der Waals surface area contributed by atoms with Crippen LogP contribution in [0.15, 0.2) is 30.3 Å². The minimum Gasteiger partial charge on any atom is -0.445 e. The van der Waals surface area contributed by atoms with Crippen molar-refractivity contribution in [1.29, 1.82) is 0 Å². The summed E-state index contributed by atoms with van der Waals surface area (Å²) in [7, 11) is 0. The van der Waals surface area contributed by atoms with Gasteiger partial charge in [-0.15, -0.1) is 0 Å². The maximum atomic E-state index is 13.0. The molecule has 0 spiro atoms. The fraction of sp³-hybridized carbons (Fsp3) is 0.591. The van der Waals surface area contributed by atoms with Crippen molar-refractivity contribution in [2.75, 3.05) is 32.7 Å². The zero-order chi connectivity index (χ0) is 21.7. The van der Waals surface area contributed by atoms with E-state index in [1.54, 1.807) is 9.80 Å². The van der Waals surface area contributed by atoms with Crippen molar-refractivity contribution in [2.45, 2.75) is 51.9 Å². The summed E-state index contributed by atoms with van der Waals surface area (Å²) in [6, 6.07) is 9.03. The molecule has 1 aromatic rings. The number of benzene rings is 1. The molecule has 1 atom stereocenters. The van der Waals surface area contributed by atoms with Crippen LogP contribution in [0.2, 0.25) is 0 Å². The zero-order valence-corrected chi connectivity index (χ0v) is 18.0. The van der Waals surface area contributed by atoms with Gasteiger partial charge in [-0.1, -0.05) is 30.3 Å². The summed E-state index contributed by atoms with van der Waals surface area (Å²) in [6.07, 6.45) is 0.599. The van der Waals surface area contributed by atoms with E-state index in [1.807, 2.05) is 51.1 Å². The summed E-state index contributed by atoms with van der Waals surface area (Å²) >= 11 is 0. The molecule has 2 aliphatic heterocycles. The van der Waals surface area contributed by atoms with Gasteiger partial charge in [0.05, 0.1) is 0 Å². The zero-order valence-electron chi connectivity index (χ0n) is 18.0. The summed E-state index contributed by atoms with van der Waals surface area (Å²) < 4.78 is 10.8. The molecule has 8 nitrogen and oxygen atoms in total. The molecular weight excluding hydrogens is 386 g/mol. The SMILES string of the molecule is CC(C)(C)OC(=O)N1CCC[C@@H]1C(=O)N1CCN(C(=O)OCc2ccccc2)CC1. The fourth-order valence-electron chi connectivity index (χ4n) is 3.69. The van der Waals surface area contributed by atoms with Gasteiger partial charge in [0.1, 0.15) is 18.2 Å². The van der Waals surface area contributed by atoms with E-state index in [-0.39, 0.29) is 18.6 Å². The first kappa shape index (κ1) is 21.9. The lowest BCUT2D eigenvalue weighted by molar-refractivity contribution is -0.137. The normalized spacial score (nSPS) is 19.6. The first-order chi connectivity index (χ1) is 14.2. The second-order valence-corrected chi connectivity index (χ2v) is 8.68. The van der Waals surface area contributed by atoms with E-state index >= 15 is 0 Å². The first-order valence-electron chi connectivity index (χ1n) is 10.5. The van der Waals surface area contributed by atoms with Crippen molar-refractivity contribution in [3.8, 4) is 0 Å². The summed E-state index contributed by atoms with van der Waals surface area (Å²) in [5.41, 5.74) is 0.335. The Labute approximate surface area is 177 Å². The number of hydrogen-bond acceptors (Lipinski definition) is 5.